The lowest BCUT2D eigenvalue weighted by Crippen LogP contribution is -2.30. The van der Waals surface area contributed by atoms with E-state index in [0.29, 0.717) is 5.92 Å². The van der Waals surface area contributed by atoms with Crippen molar-refractivity contribution in [3.63, 3.8) is 0 Å². The van der Waals surface area contributed by atoms with Crippen molar-refractivity contribution in [2.45, 2.75) is 18.8 Å². The van der Waals surface area contributed by atoms with Crippen LogP contribution in [0, 0.1) is 0 Å². The molecule has 6 heteroatoms. The SMILES string of the molecule is CN(CC(N)=O)c1nnc(C2CC2)s1. The minimum absolute atomic E-state index is 0.194. The Labute approximate surface area is 85.9 Å². The number of amides is 1. The number of primary amides is 1. The Hall–Kier alpha value is -1.17. The zero-order valence-corrected chi connectivity index (χ0v) is 8.75. The molecule has 1 heterocycles. The maximum absolute atomic E-state index is 10.7. The number of likely N-dealkylation sites (N-methyl/N-ethyl adjacent to an activating group) is 1. The minimum atomic E-state index is -0.351. The van der Waals surface area contributed by atoms with Crippen LogP contribution in [0.2, 0.25) is 0 Å². The van der Waals surface area contributed by atoms with Crippen LogP contribution in [0.1, 0.15) is 23.8 Å². The lowest BCUT2D eigenvalue weighted by Gasteiger charge is -2.11. The summed E-state index contributed by atoms with van der Waals surface area (Å²) in [5.41, 5.74) is 5.09. The Morgan fingerprint density at radius 1 is 1.64 bits per heavy atom. The molecule has 2 rings (SSSR count). The quantitative estimate of drug-likeness (QED) is 0.781. The monoisotopic (exact) mass is 212 g/mol. The molecule has 0 saturated heterocycles. The molecule has 2 N–H and O–H groups in total. The van der Waals surface area contributed by atoms with E-state index >= 15 is 0 Å². The largest absolute Gasteiger partial charge is 0.368 e. The van der Waals surface area contributed by atoms with Crippen molar-refractivity contribution in [3.05, 3.63) is 5.01 Å². The number of carbonyl (C=O) groups excluding carboxylic acids is 1. The Morgan fingerprint density at radius 2 is 2.36 bits per heavy atom. The molecule has 14 heavy (non-hydrogen) atoms. The highest BCUT2D eigenvalue weighted by atomic mass is 32.1. The van der Waals surface area contributed by atoms with Crippen LogP contribution in [-0.2, 0) is 4.79 Å². The van der Waals surface area contributed by atoms with Crippen LogP contribution in [0.5, 0.6) is 0 Å². The second-order valence-electron chi connectivity index (χ2n) is 3.52. The van der Waals surface area contributed by atoms with Crippen molar-refractivity contribution in [1.29, 1.82) is 0 Å². The molecule has 1 aliphatic carbocycles. The smallest absolute Gasteiger partial charge is 0.237 e. The molecule has 1 aromatic heterocycles. The predicted octanol–water partition coefficient (Wildman–Crippen LogP) is 0.337. The molecule has 1 amide bonds. The fourth-order valence-electron chi connectivity index (χ4n) is 1.18. The van der Waals surface area contributed by atoms with Crippen LogP contribution in [0.25, 0.3) is 0 Å². The molecule has 0 aliphatic heterocycles. The predicted molar refractivity (Wildman–Crippen MR) is 54.3 cm³/mol. The van der Waals surface area contributed by atoms with Gasteiger partial charge in [-0.3, -0.25) is 4.79 Å². The van der Waals surface area contributed by atoms with Gasteiger partial charge in [0.25, 0.3) is 0 Å². The number of hydrogen-bond acceptors (Lipinski definition) is 5. The number of hydrogen-bond donors (Lipinski definition) is 1. The average molecular weight is 212 g/mol. The van der Waals surface area contributed by atoms with E-state index in [1.54, 1.807) is 23.3 Å². The molecule has 5 nitrogen and oxygen atoms in total. The molecule has 0 bridgehead atoms. The summed E-state index contributed by atoms with van der Waals surface area (Å²) in [5.74, 6) is 0.263. The summed E-state index contributed by atoms with van der Waals surface area (Å²) in [6.07, 6.45) is 2.43. The highest BCUT2D eigenvalue weighted by molar-refractivity contribution is 7.15. The molecular weight excluding hydrogens is 200 g/mol. The first kappa shape index (κ1) is 9.39. The molecular formula is C8H12N4OS. The van der Waals surface area contributed by atoms with E-state index in [4.69, 9.17) is 5.73 Å². The van der Waals surface area contributed by atoms with Gasteiger partial charge in [-0.15, -0.1) is 10.2 Å². The molecule has 1 saturated carbocycles. The van der Waals surface area contributed by atoms with Crippen molar-refractivity contribution >= 4 is 22.4 Å². The van der Waals surface area contributed by atoms with Gasteiger partial charge in [-0.25, -0.2) is 0 Å². The Kier molecular flexibility index (Phi) is 2.37. The van der Waals surface area contributed by atoms with Crippen molar-refractivity contribution in [3.8, 4) is 0 Å². The summed E-state index contributed by atoms with van der Waals surface area (Å²) in [4.78, 5) is 12.4. The molecule has 1 aliphatic rings. The third kappa shape index (κ3) is 2.01. The third-order valence-corrected chi connectivity index (χ3v) is 3.28. The van der Waals surface area contributed by atoms with Gasteiger partial charge >= 0.3 is 0 Å². The average Bonchev–Trinajstić information content (AvgIpc) is 2.82. The molecule has 1 aromatic rings. The zero-order valence-electron chi connectivity index (χ0n) is 7.93. The van der Waals surface area contributed by atoms with E-state index in [1.165, 1.54) is 12.8 Å². The van der Waals surface area contributed by atoms with Gasteiger partial charge in [0.05, 0.1) is 6.54 Å². The fraction of sp³-hybridized carbons (Fsp3) is 0.625. The Morgan fingerprint density at radius 3 is 2.93 bits per heavy atom. The van der Waals surface area contributed by atoms with E-state index in [9.17, 15) is 4.79 Å². The van der Waals surface area contributed by atoms with Crippen LogP contribution in [0.15, 0.2) is 0 Å². The van der Waals surface area contributed by atoms with Crippen molar-refractivity contribution in [2.24, 2.45) is 5.73 Å². The van der Waals surface area contributed by atoms with Crippen LogP contribution < -0.4 is 10.6 Å². The molecule has 0 spiro atoms. The van der Waals surface area contributed by atoms with Gasteiger partial charge in [-0.05, 0) is 12.8 Å². The van der Waals surface area contributed by atoms with Gasteiger partial charge in [0.2, 0.25) is 11.0 Å². The number of rotatable bonds is 4. The van der Waals surface area contributed by atoms with E-state index in [-0.39, 0.29) is 12.5 Å². The van der Waals surface area contributed by atoms with Gasteiger partial charge in [-0.1, -0.05) is 11.3 Å². The van der Waals surface area contributed by atoms with E-state index in [1.807, 2.05) is 0 Å². The number of carbonyl (C=O) groups is 1. The first-order valence-corrected chi connectivity index (χ1v) is 5.31. The maximum atomic E-state index is 10.7. The second-order valence-corrected chi connectivity index (χ2v) is 4.51. The summed E-state index contributed by atoms with van der Waals surface area (Å²) in [7, 11) is 1.79. The first-order valence-electron chi connectivity index (χ1n) is 4.49. The Balaban J connectivity index is 2.03. The number of anilines is 1. The molecule has 0 atom stereocenters. The van der Waals surface area contributed by atoms with E-state index in [0.717, 1.165) is 10.1 Å². The van der Waals surface area contributed by atoms with E-state index < -0.39 is 0 Å². The molecule has 1 fully saturated rings. The van der Waals surface area contributed by atoms with Crippen LogP contribution in [0.4, 0.5) is 5.13 Å². The molecule has 0 unspecified atom stereocenters. The summed E-state index contributed by atoms with van der Waals surface area (Å²) in [6, 6.07) is 0. The number of nitrogens with two attached hydrogens (primary N) is 1. The van der Waals surface area contributed by atoms with Gasteiger partial charge in [0, 0.05) is 13.0 Å². The van der Waals surface area contributed by atoms with Gasteiger partial charge in [0.15, 0.2) is 0 Å². The number of nitrogens with zero attached hydrogens (tertiary/aromatic N) is 3. The molecule has 0 aromatic carbocycles. The van der Waals surface area contributed by atoms with Crippen molar-refractivity contribution in [2.75, 3.05) is 18.5 Å². The lowest BCUT2D eigenvalue weighted by atomic mass is 10.5. The number of aromatic nitrogens is 2. The van der Waals surface area contributed by atoms with Gasteiger partial charge in [0.1, 0.15) is 5.01 Å². The summed E-state index contributed by atoms with van der Waals surface area (Å²) in [5, 5.41) is 9.95. The summed E-state index contributed by atoms with van der Waals surface area (Å²) in [6.45, 7) is 0.194. The normalized spacial score (nSPS) is 15.5. The fourth-order valence-corrected chi connectivity index (χ4v) is 2.15. The van der Waals surface area contributed by atoms with Gasteiger partial charge in [-0.2, -0.15) is 0 Å². The van der Waals surface area contributed by atoms with Crippen LogP contribution in [0.3, 0.4) is 0 Å². The summed E-state index contributed by atoms with van der Waals surface area (Å²) < 4.78 is 0. The standard InChI is InChI=1S/C8H12N4OS/c1-12(4-6(9)13)8-11-10-7(14-8)5-2-3-5/h5H,2-4H2,1H3,(H2,9,13). The Bertz CT molecular complexity index is 347. The van der Waals surface area contributed by atoms with Crippen LogP contribution in [-0.4, -0.2) is 29.7 Å². The molecule has 76 valence electrons. The highest BCUT2D eigenvalue weighted by Gasteiger charge is 2.28. The third-order valence-electron chi connectivity index (χ3n) is 2.08. The second kappa shape index (κ2) is 3.53. The highest BCUT2D eigenvalue weighted by Crippen LogP contribution is 2.42. The molecule has 0 radical (unpaired) electrons. The van der Waals surface area contributed by atoms with Crippen molar-refractivity contribution in [1.82, 2.24) is 10.2 Å². The topological polar surface area (TPSA) is 72.1 Å². The maximum Gasteiger partial charge on any atom is 0.237 e. The minimum Gasteiger partial charge on any atom is -0.368 e. The van der Waals surface area contributed by atoms with Crippen molar-refractivity contribution < 1.29 is 4.79 Å². The summed E-state index contributed by atoms with van der Waals surface area (Å²) >= 11 is 1.55. The lowest BCUT2D eigenvalue weighted by molar-refractivity contribution is -0.116. The first-order chi connectivity index (χ1) is 6.66. The van der Waals surface area contributed by atoms with E-state index in [2.05, 4.69) is 10.2 Å². The zero-order chi connectivity index (χ0) is 10.1. The van der Waals surface area contributed by atoms with Crippen LogP contribution >= 0.6 is 11.3 Å². The van der Waals surface area contributed by atoms with Gasteiger partial charge < -0.3 is 10.6 Å².